The highest BCUT2D eigenvalue weighted by Crippen LogP contribution is 2.33. The van der Waals surface area contributed by atoms with Crippen LogP contribution in [0.5, 0.6) is 0 Å². The molecule has 12 heteroatoms. The van der Waals surface area contributed by atoms with Crippen molar-refractivity contribution in [1.82, 2.24) is 25.8 Å². The summed E-state index contributed by atoms with van der Waals surface area (Å²) in [5.74, 6) is 11.9. The van der Waals surface area contributed by atoms with E-state index in [2.05, 4.69) is 95.2 Å². The first-order valence-electron chi connectivity index (χ1n) is 35.0. The van der Waals surface area contributed by atoms with E-state index in [1.807, 2.05) is 92.4 Å². The van der Waals surface area contributed by atoms with Crippen molar-refractivity contribution in [3.8, 4) is 0 Å². The Bertz CT molecular complexity index is 1950. The van der Waals surface area contributed by atoms with Crippen LogP contribution in [0.15, 0.2) is 72.9 Å². The number of hydrogen-bond acceptors (Lipinski definition) is 9. The average Bonchev–Trinajstić information content (AvgIpc) is 4.43. The second-order valence-corrected chi connectivity index (χ2v) is 28.2. The number of rotatable bonds is 15. The fourth-order valence-corrected chi connectivity index (χ4v) is 13.0. The van der Waals surface area contributed by atoms with Crippen LogP contribution in [0.25, 0.3) is 0 Å². The largest absolute Gasteiger partial charge is 0.468 e. The van der Waals surface area contributed by atoms with E-state index in [4.69, 9.17) is 52.5 Å². The van der Waals surface area contributed by atoms with Crippen molar-refractivity contribution in [2.45, 2.75) is 285 Å². The summed E-state index contributed by atoms with van der Waals surface area (Å²) < 4.78 is 20.6. The van der Waals surface area contributed by atoms with Crippen LogP contribution < -0.4 is 16.0 Å². The third kappa shape index (κ3) is 46.5. The molecule has 9 rings (SSSR count). The lowest BCUT2D eigenvalue weighted by atomic mass is 9.81. The van der Waals surface area contributed by atoms with E-state index in [1.54, 1.807) is 18.8 Å². The first-order chi connectivity index (χ1) is 41.7. The molecule has 5 aliphatic rings. The maximum atomic E-state index is 6.08. The molecule has 5 aliphatic carbocycles. The Morgan fingerprint density at radius 1 is 0.494 bits per heavy atom. The first-order valence-corrected chi connectivity index (χ1v) is 36.3. The SMILES string of the molecule is CCC1CCC(C)CC1.CCC1CCC(Cl)CC1.CCC1CCCC(C)C1.CCC1CCCC(Cl)C1.CCC1CCCCC1Cl.CCCN(C)C.CN(C)Cc1ccco1.CNCc1cc(C)co1.CNCc1ccc(C)o1.CNCc1occc1C. The van der Waals surface area contributed by atoms with Crippen LogP contribution in [0, 0.1) is 62.2 Å². The molecule has 4 aromatic heterocycles. The van der Waals surface area contributed by atoms with Crippen LogP contribution in [0.3, 0.4) is 0 Å². The van der Waals surface area contributed by atoms with Crippen molar-refractivity contribution in [2.24, 2.45) is 41.4 Å². The summed E-state index contributed by atoms with van der Waals surface area (Å²) in [6.07, 6.45) is 41.0. The van der Waals surface area contributed by atoms with Gasteiger partial charge in [0.2, 0.25) is 0 Å². The Hall–Kier alpha value is -2.21. The number of furan rings is 4. The predicted octanol–water partition coefficient (Wildman–Crippen LogP) is 22.2. The van der Waals surface area contributed by atoms with E-state index in [-0.39, 0.29) is 0 Å². The summed E-state index contributed by atoms with van der Waals surface area (Å²) in [6.45, 7) is 28.9. The molecule has 0 radical (unpaired) electrons. The molecule has 9 nitrogen and oxygen atoms in total. The first kappa shape index (κ1) is 84.8. The van der Waals surface area contributed by atoms with Crippen LogP contribution in [-0.4, -0.2) is 81.8 Å². The third-order valence-corrected chi connectivity index (χ3v) is 19.0. The van der Waals surface area contributed by atoms with Crippen molar-refractivity contribution < 1.29 is 17.7 Å². The van der Waals surface area contributed by atoms with Crippen LogP contribution in [0.2, 0.25) is 0 Å². The molecule has 6 atom stereocenters. The zero-order chi connectivity index (χ0) is 65.2. The van der Waals surface area contributed by atoms with Crippen molar-refractivity contribution in [3.05, 3.63) is 95.1 Å². The lowest BCUT2D eigenvalue weighted by Crippen LogP contribution is -2.18. The molecule has 4 heterocycles. The molecule has 0 aromatic carbocycles. The van der Waals surface area contributed by atoms with E-state index >= 15 is 0 Å². The zero-order valence-electron chi connectivity index (χ0n) is 59.6. The van der Waals surface area contributed by atoms with Gasteiger partial charge in [-0.3, -0.25) is 0 Å². The minimum Gasteiger partial charge on any atom is -0.468 e. The maximum Gasteiger partial charge on any atom is 0.120 e. The monoisotopic (exact) mass is 1280 g/mol. The zero-order valence-corrected chi connectivity index (χ0v) is 61.8. The minimum absolute atomic E-state index is 0.490. The van der Waals surface area contributed by atoms with Crippen LogP contribution in [-0.2, 0) is 26.2 Å². The summed E-state index contributed by atoms with van der Waals surface area (Å²) in [6, 6.07) is 11.8. The van der Waals surface area contributed by atoms with Gasteiger partial charge in [0.15, 0.2) is 0 Å². The van der Waals surface area contributed by atoms with Crippen LogP contribution in [0.1, 0.15) is 262 Å². The summed E-state index contributed by atoms with van der Waals surface area (Å²) in [5.41, 5.74) is 2.39. The minimum atomic E-state index is 0.490. The Morgan fingerprint density at radius 2 is 1.07 bits per heavy atom. The van der Waals surface area contributed by atoms with E-state index in [0.717, 1.165) is 96.4 Å². The van der Waals surface area contributed by atoms with E-state index in [0.29, 0.717) is 16.1 Å². The van der Waals surface area contributed by atoms with Gasteiger partial charge in [0.25, 0.3) is 0 Å². The van der Waals surface area contributed by atoms with Gasteiger partial charge in [-0.1, -0.05) is 158 Å². The number of aryl methyl sites for hydroxylation is 3. The van der Waals surface area contributed by atoms with Crippen molar-refractivity contribution in [3.63, 3.8) is 0 Å². The number of nitrogens with zero attached hydrogens (tertiary/aromatic N) is 2. The van der Waals surface area contributed by atoms with Crippen LogP contribution >= 0.6 is 34.8 Å². The molecule has 5 saturated carbocycles. The van der Waals surface area contributed by atoms with Crippen molar-refractivity contribution in [2.75, 3.05) is 55.9 Å². The summed E-state index contributed by atoms with van der Waals surface area (Å²) >= 11 is 18.0. The maximum absolute atomic E-state index is 6.08. The van der Waals surface area contributed by atoms with E-state index in [1.165, 1.54) is 185 Å². The Morgan fingerprint density at radius 3 is 1.46 bits per heavy atom. The van der Waals surface area contributed by atoms with E-state index in [9.17, 15) is 0 Å². The van der Waals surface area contributed by atoms with Gasteiger partial charge in [0.05, 0.1) is 45.0 Å². The lowest BCUT2D eigenvalue weighted by Gasteiger charge is -2.25. The van der Waals surface area contributed by atoms with Crippen LogP contribution in [0.4, 0.5) is 0 Å². The third-order valence-electron chi connectivity index (χ3n) is 17.6. The molecule has 0 spiro atoms. The molecule has 0 aliphatic heterocycles. The highest BCUT2D eigenvalue weighted by Gasteiger charge is 2.22. The highest BCUT2D eigenvalue weighted by atomic mass is 35.5. The molecule has 0 saturated heterocycles. The van der Waals surface area contributed by atoms with Gasteiger partial charge in [-0.2, -0.15) is 0 Å². The molecule has 508 valence electrons. The van der Waals surface area contributed by atoms with Gasteiger partial charge in [0, 0.05) is 16.1 Å². The lowest BCUT2D eigenvalue weighted by molar-refractivity contribution is 0.276. The fraction of sp³-hybridized carbons (Fsp3) is 0.787. The fourth-order valence-electron chi connectivity index (χ4n) is 11.8. The molecule has 0 bridgehead atoms. The second kappa shape index (κ2) is 55.4. The van der Waals surface area contributed by atoms with Gasteiger partial charge in [-0.05, 0) is 230 Å². The molecule has 0 amide bonds. The number of halogens is 3. The molecular formula is C75H138Cl3N5O4. The van der Waals surface area contributed by atoms with Gasteiger partial charge >= 0.3 is 0 Å². The Balaban J connectivity index is 0.000000946. The molecular weight excluding hydrogens is 1140 g/mol. The standard InChI is InChI=1S/2C9H18.3C8H15Cl.4C7H11NO.C5H13N/c1-3-9-6-4-8(2)5-7-9;1-3-9-6-4-5-8(2)7-9;1-2-7-3-5-8(9)6-4-7;1-2-7-4-3-5-8(9)6-7;1-2-7-5-3-4-6-8(7)9;1-6-3-7(4-8-2)9-5-6;1-6-3-4-9-7(6)5-8-2;1-6-3-4-7(9-6)5-8-2;1-8(2)6-7-4-3-5-9-7;1-4-5-6(2)3/h2*8-9H,3-7H2,1-2H3;3*7-8H,2-6H2,1H3;3,5,8H,4H2,1-2H3;2*3-4,8H,5H2,1-2H3;3-5H,6H2,1-2H3;4-5H2,1-3H3. The number of hydrogen-bond donors (Lipinski definition) is 3. The molecule has 5 fully saturated rings. The number of nitrogens with one attached hydrogen (secondary N) is 3. The second-order valence-electron chi connectivity index (χ2n) is 26.5. The van der Waals surface area contributed by atoms with Crippen molar-refractivity contribution in [1.29, 1.82) is 0 Å². The normalized spacial score (nSPS) is 23.9. The smallest absolute Gasteiger partial charge is 0.120 e. The Labute approximate surface area is 552 Å². The Kier molecular flexibility index (Phi) is 54.0. The van der Waals surface area contributed by atoms with Gasteiger partial charge in [-0.25, -0.2) is 0 Å². The van der Waals surface area contributed by atoms with Crippen molar-refractivity contribution >= 4 is 34.8 Å². The molecule has 3 N–H and O–H groups in total. The molecule has 87 heavy (non-hydrogen) atoms. The van der Waals surface area contributed by atoms with E-state index < -0.39 is 0 Å². The molecule has 4 aromatic rings. The summed E-state index contributed by atoms with van der Waals surface area (Å²) in [7, 11) is 13.9. The average molecular weight is 1280 g/mol. The quantitative estimate of drug-likeness (QED) is 0.101. The number of alkyl halides is 3. The highest BCUT2D eigenvalue weighted by molar-refractivity contribution is 6.21. The topological polar surface area (TPSA) is 95.1 Å². The molecule has 6 unspecified atom stereocenters. The van der Waals surface area contributed by atoms with Gasteiger partial charge in [-0.15, -0.1) is 34.8 Å². The van der Waals surface area contributed by atoms with Gasteiger partial charge < -0.3 is 43.4 Å². The van der Waals surface area contributed by atoms with Gasteiger partial charge in [0.1, 0.15) is 28.8 Å². The summed E-state index contributed by atoms with van der Waals surface area (Å²) in [5, 5.41) is 10.5. The summed E-state index contributed by atoms with van der Waals surface area (Å²) in [4.78, 5) is 4.25. The predicted molar refractivity (Wildman–Crippen MR) is 382 cm³/mol.